The molecule has 2 aliphatic rings. The second-order valence-corrected chi connectivity index (χ2v) is 13.0. The number of benzene rings is 5. The molecule has 0 bridgehead atoms. The largest absolute Gasteiger partial charge is 0.309 e. The molecule has 5 aromatic carbocycles. The Morgan fingerprint density at radius 3 is 2.36 bits per heavy atom. The number of hydrogen-bond donors (Lipinski definition) is 0. The second-order valence-electron chi connectivity index (χ2n) is 12.0. The predicted molar refractivity (Wildman–Crippen MR) is 190 cm³/mol. The first-order valence-electron chi connectivity index (χ1n) is 15.5. The highest BCUT2D eigenvalue weighted by molar-refractivity contribution is 7.26. The highest BCUT2D eigenvalue weighted by atomic mass is 32.1. The number of pyridine rings is 1. The summed E-state index contributed by atoms with van der Waals surface area (Å²) in [6, 6.07) is 46.2. The summed E-state index contributed by atoms with van der Waals surface area (Å²) in [5.41, 5.74) is 10.2. The molecule has 0 amide bonds. The molecule has 0 spiro atoms. The van der Waals surface area contributed by atoms with E-state index in [-0.39, 0.29) is 5.92 Å². The van der Waals surface area contributed by atoms with Crippen LogP contribution in [0.4, 0.5) is 11.5 Å². The first-order valence-corrected chi connectivity index (χ1v) is 16.3. The molecule has 3 aromatic heterocycles. The Balaban J connectivity index is 1.12. The summed E-state index contributed by atoms with van der Waals surface area (Å²) in [5, 5.41) is 5.15. The molecule has 4 heterocycles. The fraction of sp³-hybridized carbons (Fsp3) is 0.0488. The van der Waals surface area contributed by atoms with Crippen molar-refractivity contribution in [2.45, 2.75) is 12.3 Å². The number of aromatic nitrogens is 2. The van der Waals surface area contributed by atoms with Crippen molar-refractivity contribution in [1.82, 2.24) is 9.55 Å². The van der Waals surface area contributed by atoms with E-state index in [9.17, 15) is 0 Å². The van der Waals surface area contributed by atoms with Gasteiger partial charge in [-0.2, -0.15) is 0 Å². The average Bonchev–Trinajstić information content (AvgIpc) is 3.76. The molecular formula is C41H27N3S. The number of rotatable bonds is 3. The second kappa shape index (κ2) is 9.52. The Labute approximate surface area is 264 Å². The third kappa shape index (κ3) is 3.60. The summed E-state index contributed by atoms with van der Waals surface area (Å²) in [4.78, 5) is 7.43. The zero-order chi connectivity index (χ0) is 29.5. The van der Waals surface area contributed by atoms with E-state index in [2.05, 4.69) is 149 Å². The van der Waals surface area contributed by atoms with Crippen molar-refractivity contribution in [3.05, 3.63) is 163 Å². The fourth-order valence-electron chi connectivity index (χ4n) is 7.59. The molecule has 0 saturated heterocycles. The molecule has 212 valence electrons. The van der Waals surface area contributed by atoms with Crippen LogP contribution >= 0.6 is 11.3 Å². The molecule has 10 rings (SSSR count). The molecule has 4 heteroatoms. The van der Waals surface area contributed by atoms with Gasteiger partial charge < -0.3 is 4.57 Å². The van der Waals surface area contributed by atoms with Gasteiger partial charge in [0, 0.05) is 49.7 Å². The first-order chi connectivity index (χ1) is 22.3. The van der Waals surface area contributed by atoms with E-state index in [1.807, 2.05) is 17.5 Å². The number of anilines is 2. The maximum Gasteiger partial charge on any atom is 0.155 e. The summed E-state index contributed by atoms with van der Waals surface area (Å²) < 4.78 is 4.92. The zero-order valence-electron chi connectivity index (χ0n) is 24.4. The molecule has 1 atom stereocenters. The van der Waals surface area contributed by atoms with Gasteiger partial charge in [-0.15, -0.1) is 11.3 Å². The van der Waals surface area contributed by atoms with Gasteiger partial charge in [0.25, 0.3) is 0 Å². The topological polar surface area (TPSA) is 21.1 Å². The Morgan fingerprint density at radius 1 is 0.644 bits per heavy atom. The summed E-state index contributed by atoms with van der Waals surface area (Å²) in [5.74, 6) is 1.30. The van der Waals surface area contributed by atoms with Gasteiger partial charge in [-0.3, -0.25) is 4.90 Å². The van der Waals surface area contributed by atoms with Crippen molar-refractivity contribution < 1.29 is 0 Å². The van der Waals surface area contributed by atoms with E-state index in [1.54, 1.807) is 0 Å². The normalized spacial score (nSPS) is 15.9. The third-order valence-electron chi connectivity index (χ3n) is 9.59. The van der Waals surface area contributed by atoms with Crippen LogP contribution in [-0.4, -0.2) is 9.55 Å². The smallest absolute Gasteiger partial charge is 0.155 e. The van der Waals surface area contributed by atoms with E-state index in [0.29, 0.717) is 0 Å². The van der Waals surface area contributed by atoms with E-state index in [4.69, 9.17) is 4.98 Å². The minimum Gasteiger partial charge on any atom is -0.309 e. The summed E-state index contributed by atoms with van der Waals surface area (Å²) in [7, 11) is 0. The molecule has 0 fully saturated rings. The van der Waals surface area contributed by atoms with Gasteiger partial charge in [0.1, 0.15) is 0 Å². The summed E-state index contributed by atoms with van der Waals surface area (Å²) in [6.07, 6.45) is 7.60. The van der Waals surface area contributed by atoms with E-state index >= 15 is 0 Å². The Kier molecular flexibility index (Phi) is 5.28. The standard InChI is InChI=1S/C41H27N3S/c1-2-10-28(11-3-1)43-35-15-7-4-12-29(35)33-24-26(18-20-37(33)43)27-19-21-38-34(25-27)30-13-5-8-16-36(30)44(38)41-40-32(22-23-42-41)31-14-6-9-17-39(31)45-40/h1-24,34H,25H2. The molecular weight excluding hydrogens is 567 g/mol. The Hall–Kier alpha value is -5.45. The van der Waals surface area contributed by atoms with Crippen LogP contribution in [0.25, 0.3) is 53.2 Å². The molecule has 8 aromatic rings. The van der Waals surface area contributed by atoms with Crippen LogP contribution in [0, 0.1) is 0 Å². The fourth-order valence-corrected chi connectivity index (χ4v) is 8.77. The quantitative estimate of drug-likeness (QED) is 0.203. The Morgan fingerprint density at radius 2 is 1.42 bits per heavy atom. The minimum atomic E-state index is 0.272. The SMILES string of the molecule is C1=C(c2ccc3c(c2)c2ccccc2n3-c2ccccc2)CC2C(=C1)N(c1nccc3c1sc1ccccc13)c1ccccc12. The van der Waals surface area contributed by atoms with Crippen LogP contribution in [0.2, 0.25) is 0 Å². The summed E-state index contributed by atoms with van der Waals surface area (Å²) in [6.45, 7) is 0. The molecule has 1 aliphatic carbocycles. The Bertz CT molecular complexity index is 2530. The first kappa shape index (κ1) is 24.9. The number of fused-ring (bicyclic) bond motifs is 9. The van der Waals surface area contributed by atoms with Gasteiger partial charge in [0.05, 0.1) is 21.4 Å². The monoisotopic (exact) mass is 593 g/mol. The number of thiophene rings is 1. The lowest BCUT2D eigenvalue weighted by Crippen LogP contribution is -2.16. The molecule has 45 heavy (non-hydrogen) atoms. The molecule has 0 radical (unpaired) electrons. The van der Waals surface area contributed by atoms with Crippen LogP contribution in [-0.2, 0) is 0 Å². The van der Waals surface area contributed by atoms with Crippen molar-refractivity contribution in [3.8, 4) is 5.69 Å². The van der Waals surface area contributed by atoms with Gasteiger partial charge in [-0.25, -0.2) is 4.98 Å². The van der Waals surface area contributed by atoms with Gasteiger partial charge in [0.2, 0.25) is 0 Å². The van der Waals surface area contributed by atoms with Crippen molar-refractivity contribution in [2.75, 3.05) is 4.90 Å². The van der Waals surface area contributed by atoms with E-state index in [1.165, 1.54) is 75.7 Å². The lowest BCUT2D eigenvalue weighted by atomic mass is 9.85. The maximum absolute atomic E-state index is 5.01. The maximum atomic E-state index is 5.01. The highest BCUT2D eigenvalue weighted by Gasteiger charge is 2.38. The van der Waals surface area contributed by atoms with Gasteiger partial charge in [0.15, 0.2) is 5.82 Å². The predicted octanol–water partition coefficient (Wildman–Crippen LogP) is 11.2. The number of allylic oxidation sites excluding steroid dienone is 4. The van der Waals surface area contributed by atoms with Crippen molar-refractivity contribution in [3.63, 3.8) is 0 Å². The van der Waals surface area contributed by atoms with E-state index in [0.717, 1.165) is 12.2 Å². The average molecular weight is 594 g/mol. The molecule has 0 N–H and O–H groups in total. The van der Waals surface area contributed by atoms with Gasteiger partial charge in [-0.05, 0) is 77.7 Å². The van der Waals surface area contributed by atoms with Crippen molar-refractivity contribution in [2.24, 2.45) is 0 Å². The van der Waals surface area contributed by atoms with Crippen LogP contribution in [0.15, 0.2) is 151 Å². The molecule has 1 unspecified atom stereocenters. The van der Waals surface area contributed by atoms with Crippen molar-refractivity contribution >= 4 is 70.4 Å². The van der Waals surface area contributed by atoms with Gasteiger partial charge >= 0.3 is 0 Å². The van der Waals surface area contributed by atoms with Crippen LogP contribution in [0.5, 0.6) is 0 Å². The van der Waals surface area contributed by atoms with Crippen molar-refractivity contribution in [1.29, 1.82) is 0 Å². The number of hydrogen-bond acceptors (Lipinski definition) is 3. The number of nitrogens with zero attached hydrogens (tertiary/aromatic N) is 3. The van der Waals surface area contributed by atoms with Crippen LogP contribution in [0.3, 0.4) is 0 Å². The zero-order valence-corrected chi connectivity index (χ0v) is 25.2. The van der Waals surface area contributed by atoms with E-state index < -0.39 is 0 Å². The van der Waals surface area contributed by atoms with Crippen LogP contribution < -0.4 is 4.90 Å². The molecule has 0 saturated carbocycles. The third-order valence-corrected chi connectivity index (χ3v) is 10.8. The summed E-state index contributed by atoms with van der Waals surface area (Å²) >= 11 is 1.84. The lowest BCUT2D eigenvalue weighted by molar-refractivity contribution is 0.830. The molecule has 3 nitrogen and oxygen atoms in total. The molecule has 1 aliphatic heterocycles. The minimum absolute atomic E-state index is 0.272. The van der Waals surface area contributed by atoms with Gasteiger partial charge in [-0.1, -0.05) is 84.9 Å². The highest BCUT2D eigenvalue weighted by Crippen LogP contribution is 2.54. The van der Waals surface area contributed by atoms with Crippen LogP contribution in [0.1, 0.15) is 23.5 Å². The number of para-hydroxylation sites is 3. The lowest BCUT2D eigenvalue weighted by Gasteiger charge is -2.26.